The fraction of sp³-hybridized carbons (Fsp3) is 0.222. The maximum absolute atomic E-state index is 12.2. The van der Waals surface area contributed by atoms with Gasteiger partial charge in [-0.1, -0.05) is 6.07 Å². The molecule has 2 aromatic carbocycles. The first kappa shape index (κ1) is 18.1. The lowest BCUT2D eigenvalue weighted by Crippen LogP contribution is -2.14. The molecule has 0 unspecified atom stereocenters. The van der Waals surface area contributed by atoms with E-state index in [4.69, 9.17) is 18.9 Å². The van der Waals surface area contributed by atoms with Gasteiger partial charge in [0.05, 0.1) is 45.3 Å². The molecule has 0 aromatic heterocycles. The van der Waals surface area contributed by atoms with Crippen molar-refractivity contribution in [2.45, 2.75) is 0 Å². The van der Waals surface area contributed by atoms with E-state index in [9.17, 15) is 9.59 Å². The van der Waals surface area contributed by atoms with Crippen molar-refractivity contribution in [3.05, 3.63) is 47.5 Å². The van der Waals surface area contributed by atoms with Gasteiger partial charge in [-0.25, -0.2) is 9.59 Å². The van der Waals surface area contributed by atoms with Crippen LogP contribution in [0.15, 0.2) is 36.4 Å². The summed E-state index contributed by atoms with van der Waals surface area (Å²) in [5, 5.41) is 3.09. The molecule has 0 atom stereocenters. The van der Waals surface area contributed by atoms with E-state index in [1.165, 1.54) is 27.4 Å². The third-order valence-corrected chi connectivity index (χ3v) is 3.52. The second-order valence-electron chi connectivity index (χ2n) is 4.91. The molecular weight excluding hydrogens is 326 g/mol. The van der Waals surface area contributed by atoms with E-state index < -0.39 is 11.9 Å². The first-order valence-electron chi connectivity index (χ1n) is 7.34. The Morgan fingerprint density at radius 2 is 1.52 bits per heavy atom. The molecule has 0 fully saturated rings. The number of nitrogens with one attached hydrogen (secondary N) is 1. The summed E-state index contributed by atoms with van der Waals surface area (Å²) in [4.78, 5) is 24.1. The first-order valence-corrected chi connectivity index (χ1v) is 7.34. The minimum absolute atomic E-state index is 0.0895. The molecule has 1 N–H and O–H groups in total. The summed E-state index contributed by atoms with van der Waals surface area (Å²) in [5.74, 6) is -0.180. The van der Waals surface area contributed by atoms with E-state index in [1.807, 2.05) is 0 Å². The Morgan fingerprint density at radius 3 is 2.12 bits per heavy atom. The Bertz CT molecular complexity index is 787. The van der Waals surface area contributed by atoms with Gasteiger partial charge in [0.15, 0.2) is 11.5 Å². The highest BCUT2D eigenvalue weighted by molar-refractivity contribution is 6.07. The molecule has 0 aliphatic heterocycles. The second kappa shape index (κ2) is 8.05. The number of hydrogen-bond acceptors (Lipinski definition) is 7. The third kappa shape index (κ3) is 3.82. The lowest BCUT2D eigenvalue weighted by Gasteiger charge is -2.15. The van der Waals surface area contributed by atoms with Crippen molar-refractivity contribution in [3.63, 3.8) is 0 Å². The van der Waals surface area contributed by atoms with Crippen molar-refractivity contribution in [1.82, 2.24) is 0 Å². The molecule has 0 heterocycles. The normalized spacial score (nSPS) is 9.92. The number of methoxy groups -OCH3 is 4. The molecular formula is C18H19NO6. The molecule has 0 saturated heterocycles. The molecule has 2 rings (SSSR count). The Kier molecular flexibility index (Phi) is 5.84. The van der Waals surface area contributed by atoms with E-state index in [0.717, 1.165) is 0 Å². The molecule has 0 spiro atoms. The molecule has 0 amide bonds. The van der Waals surface area contributed by atoms with Gasteiger partial charge in [-0.3, -0.25) is 0 Å². The number of ether oxygens (including phenoxy) is 4. The molecule has 7 heteroatoms. The number of anilines is 2. The molecule has 2 aromatic rings. The third-order valence-electron chi connectivity index (χ3n) is 3.52. The van der Waals surface area contributed by atoms with Gasteiger partial charge in [-0.2, -0.15) is 0 Å². The topological polar surface area (TPSA) is 83.1 Å². The zero-order valence-corrected chi connectivity index (χ0v) is 14.4. The van der Waals surface area contributed by atoms with Gasteiger partial charge in [0.2, 0.25) is 0 Å². The molecule has 132 valence electrons. The Balaban J connectivity index is 2.49. The fourth-order valence-electron chi connectivity index (χ4n) is 2.33. The molecule has 0 aliphatic carbocycles. The fourth-order valence-corrected chi connectivity index (χ4v) is 2.33. The second-order valence-corrected chi connectivity index (χ2v) is 4.91. The maximum atomic E-state index is 12.2. The largest absolute Gasteiger partial charge is 0.493 e. The van der Waals surface area contributed by atoms with Crippen LogP contribution in [0.5, 0.6) is 11.5 Å². The SMILES string of the molecule is COC(=O)c1cccc(Nc2ccc(OC)c(OC)c2)c1C(=O)OC. The average molecular weight is 345 g/mol. The molecule has 0 aliphatic rings. The van der Waals surface area contributed by atoms with Crippen LogP contribution in [0.2, 0.25) is 0 Å². The number of hydrogen-bond donors (Lipinski definition) is 1. The van der Waals surface area contributed by atoms with E-state index in [1.54, 1.807) is 37.4 Å². The van der Waals surface area contributed by atoms with Crippen molar-refractivity contribution in [3.8, 4) is 11.5 Å². The number of carbonyl (C=O) groups is 2. The van der Waals surface area contributed by atoms with Crippen LogP contribution >= 0.6 is 0 Å². The predicted octanol–water partition coefficient (Wildman–Crippen LogP) is 3.02. The van der Waals surface area contributed by atoms with Crippen LogP contribution in [-0.2, 0) is 9.47 Å². The number of benzene rings is 2. The van der Waals surface area contributed by atoms with Crippen molar-refractivity contribution < 1.29 is 28.5 Å². The maximum Gasteiger partial charge on any atom is 0.340 e. The van der Waals surface area contributed by atoms with Crippen LogP contribution in [0.3, 0.4) is 0 Å². The summed E-state index contributed by atoms with van der Waals surface area (Å²) in [6, 6.07) is 10.00. The molecule has 0 bridgehead atoms. The smallest absolute Gasteiger partial charge is 0.340 e. The van der Waals surface area contributed by atoms with Gasteiger partial charge in [-0.05, 0) is 24.3 Å². The number of esters is 2. The number of carbonyl (C=O) groups excluding carboxylic acids is 2. The highest BCUT2D eigenvalue weighted by Gasteiger charge is 2.22. The van der Waals surface area contributed by atoms with Crippen LogP contribution in [0.25, 0.3) is 0 Å². The minimum atomic E-state index is -0.649. The summed E-state index contributed by atoms with van der Waals surface area (Å²) >= 11 is 0. The van der Waals surface area contributed by atoms with E-state index in [-0.39, 0.29) is 11.1 Å². The van der Waals surface area contributed by atoms with Crippen LogP contribution in [-0.4, -0.2) is 40.4 Å². The van der Waals surface area contributed by atoms with Crippen molar-refractivity contribution in [2.24, 2.45) is 0 Å². The quantitative estimate of drug-likeness (QED) is 0.806. The van der Waals surface area contributed by atoms with Gasteiger partial charge in [-0.15, -0.1) is 0 Å². The highest BCUT2D eigenvalue weighted by Crippen LogP contribution is 2.32. The van der Waals surface area contributed by atoms with Gasteiger partial charge in [0.25, 0.3) is 0 Å². The monoisotopic (exact) mass is 345 g/mol. The van der Waals surface area contributed by atoms with E-state index in [0.29, 0.717) is 22.9 Å². The van der Waals surface area contributed by atoms with Crippen LogP contribution in [0, 0.1) is 0 Å². The highest BCUT2D eigenvalue weighted by atomic mass is 16.5. The van der Waals surface area contributed by atoms with E-state index >= 15 is 0 Å². The Morgan fingerprint density at radius 1 is 0.840 bits per heavy atom. The van der Waals surface area contributed by atoms with E-state index in [2.05, 4.69) is 5.32 Å². The number of rotatable bonds is 6. The zero-order valence-electron chi connectivity index (χ0n) is 14.4. The first-order chi connectivity index (χ1) is 12.0. The molecule has 0 saturated carbocycles. The van der Waals surface area contributed by atoms with Gasteiger partial charge < -0.3 is 24.3 Å². The Labute approximate surface area is 145 Å². The lowest BCUT2D eigenvalue weighted by molar-refractivity contribution is 0.0556. The van der Waals surface area contributed by atoms with Crippen LogP contribution < -0.4 is 14.8 Å². The Hall–Kier alpha value is -3.22. The predicted molar refractivity (Wildman–Crippen MR) is 91.9 cm³/mol. The molecule has 0 radical (unpaired) electrons. The summed E-state index contributed by atoms with van der Waals surface area (Å²) in [7, 11) is 5.56. The van der Waals surface area contributed by atoms with Gasteiger partial charge in [0, 0.05) is 11.8 Å². The minimum Gasteiger partial charge on any atom is -0.493 e. The zero-order chi connectivity index (χ0) is 18.4. The summed E-state index contributed by atoms with van der Waals surface area (Å²) in [6.07, 6.45) is 0. The van der Waals surface area contributed by atoms with Gasteiger partial charge >= 0.3 is 11.9 Å². The standard InChI is InChI=1S/C18H19NO6/c1-22-14-9-8-11(10-15(14)23-2)19-13-7-5-6-12(17(20)24-3)16(13)18(21)25-4/h5-10,19H,1-4H3. The summed E-state index contributed by atoms with van der Waals surface area (Å²) in [6.45, 7) is 0. The van der Waals surface area contributed by atoms with Gasteiger partial charge in [0.1, 0.15) is 0 Å². The van der Waals surface area contributed by atoms with Crippen molar-refractivity contribution >= 4 is 23.3 Å². The van der Waals surface area contributed by atoms with Crippen molar-refractivity contribution in [1.29, 1.82) is 0 Å². The summed E-state index contributed by atoms with van der Waals surface area (Å²) < 4.78 is 20.0. The van der Waals surface area contributed by atoms with Crippen molar-refractivity contribution in [2.75, 3.05) is 33.8 Å². The lowest BCUT2D eigenvalue weighted by atomic mass is 10.0. The average Bonchev–Trinajstić information content (AvgIpc) is 2.66. The molecule has 25 heavy (non-hydrogen) atoms. The van der Waals surface area contributed by atoms with Crippen LogP contribution in [0.4, 0.5) is 11.4 Å². The molecule has 7 nitrogen and oxygen atoms in total. The van der Waals surface area contributed by atoms with Crippen LogP contribution in [0.1, 0.15) is 20.7 Å². The summed E-state index contributed by atoms with van der Waals surface area (Å²) in [5.41, 5.74) is 1.25.